The van der Waals surface area contributed by atoms with Gasteiger partial charge in [-0.15, -0.1) is 0 Å². The van der Waals surface area contributed by atoms with Gasteiger partial charge in [-0.3, -0.25) is 0 Å². The molecule has 1 aromatic rings. The first-order chi connectivity index (χ1) is 10.3. The average Bonchev–Trinajstić information content (AvgIpc) is 2.40. The molecule has 1 aromatic carbocycles. The van der Waals surface area contributed by atoms with Crippen molar-refractivity contribution in [1.29, 1.82) is 0 Å². The molecule has 1 fully saturated rings. The second-order valence-corrected chi connectivity index (χ2v) is 5.94. The molecule has 2 atom stereocenters. The predicted molar refractivity (Wildman–Crippen MR) is 77.5 cm³/mol. The van der Waals surface area contributed by atoms with E-state index in [4.69, 9.17) is 4.74 Å². The van der Waals surface area contributed by atoms with Gasteiger partial charge in [-0.25, -0.2) is 0 Å². The topological polar surface area (TPSA) is 41.5 Å². The minimum Gasteiger partial charge on any atom is -0.392 e. The van der Waals surface area contributed by atoms with Gasteiger partial charge in [0, 0.05) is 13.7 Å². The predicted octanol–water partition coefficient (Wildman–Crippen LogP) is 3.29. The van der Waals surface area contributed by atoms with E-state index in [2.05, 4.69) is 5.32 Å². The first-order valence-electron chi connectivity index (χ1n) is 7.42. The number of hydrogen-bond donors (Lipinski definition) is 2. The number of aliphatic hydroxyl groups excluding tert-OH is 1. The first kappa shape index (κ1) is 17.2. The van der Waals surface area contributed by atoms with Crippen molar-refractivity contribution in [3.8, 4) is 0 Å². The average molecular weight is 317 g/mol. The molecule has 3 nitrogen and oxygen atoms in total. The number of hydrogen-bond acceptors (Lipinski definition) is 3. The van der Waals surface area contributed by atoms with Gasteiger partial charge in [0.15, 0.2) is 0 Å². The van der Waals surface area contributed by atoms with Crippen LogP contribution in [0, 0.1) is 0 Å². The van der Waals surface area contributed by atoms with Gasteiger partial charge in [-0.1, -0.05) is 12.1 Å². The quantitative estimate of drug-likeness (QED) is 0.846. The van der Waals surface area contributed by atoms with Gasteiger partial charge in [0.2, 0.25) is 0 Å². The van der Waals surface area contributed by atoms with Crippen molar-refractivity contribution < 1.29 is 23.0 Å². The summed E-state index contributed by atoms with van der Waals surface area (Å²) in [6.07, 6.45) is -2.39. The Morgan fingerprint density at radius 3 is 2.50 bits per heavy atom. The molecule has 0 bridgehead atoms. The Bertz CT molecular complexity index is 493. The largest absolute Gasteiger partial charge is 0.416 e. The summed E-state index contributed by atoms with van der Waals surface area (Å²) >= 11 is 0. The summed E-state index contributed by atoms with van der Waals surface area (Å²) in [5, 5.41) is 12.6. The smallest absolute Gasteiger partial charge is 0.392 e. The van der Waals surface area contributed by atoms with Gasteiger partial charge < -0.3 is 15.2 Å². The third-order valence-corrected chi connectivity index (χ3v) is 4.30. The van der Waals surface area contributed by atoms with Gasteiger partial charge in [-0.2, -0.15) is 13.2 Å². The fraction of sp³-hybridized carbons (Fsp3) is 0.625. The van der Waals surface area contributed by atoms with E-state index in [1.54, 1.807) is 20.1 Å². The summed E-state index contributed by atoms with van der Waals surface area (Å²) in [6.45, 7) is 1.93. The lowest BCUT2D eigenvalue weighted by Crippen LogP contribution is -2.51. The molecule has 22 heavy (non-hydrogen) atoms. The van der Waals surface area contributed by atoms with Crippen molar-refractivity contribution >= 4 is 0 Å². The first-order valence-corrected chi connectivity index (χ1v) is 7.42. The summed E-state index contributed by atoms with van der Waals surface area (Å²) < 4.78 is 44.4. The van der Waals surface area contributed by atoms with Crippen molar-refractivity contribution in [1.82, 2.24) is 5.32 Å². The molecule has 124 valence electrons. The van der Waals surface area contributed by atoms with E-state index >= 15 is 0 Å². The van der Waals surface area contributed by atoms with E-state index in [1.165, 1.54) is 12.1 Å². The van der Waals surface area contributed by atoms with Crippen LogP contribution in [0.1, 0.15) is 43.4 Å². The second-order valence-electron chi connectivity index (χ2n) is 5.94. The lowest BCUT2D eigenvalue weighted by molar-refractivity contribution is -0.137. The molecule has 6 heteroatoms. The molecule has 2 rings (SSSR count). The lowest BCUT2D eigenvalue weighted by atomic mass is 9.72. The number of rotatable bonds is 6. The normalized spacial score (nSPS) is 20.3. The Morgan fingerprint density at radius 1 is 1.36 bits per heavy atom. The van der Waals surface area contributed by atoms with Crippen LogP contribution in [0.4, 0.5) is 13.2 Å². The number of nitrogens with one attached hydrogen (secondary N) is 1. The molecular weight excluding hydrogens is 295 g/mol. The molecule has 2 N–H and O–H groups in total. The van der Waals surface area contributed by atoms with E-state index in [0.717, 1.165) is 25.3 Å². The molecule has 0 amide bonds. The highest BCUT2D eigenvalue weighted by atomic mass is 19.4. The summed E-state index contributed by atoms with van der Waals surface area (Å²) in [5.74, 6) is 0. The van der Waals surface area contributed by atoms with Crippen molar-refractivity contribution in [2.45, 2.75) is 50.1 Å². The third-order valence-electron chi connectivity index (χ3n) is 4.30. The summed E-state index contributed by atoms with van der Waals surface area (Å²) in [7, 11) is 1.59. The van der Waals surface area contributed by atoms with Gasteiger partial charge >= 0.3 is 6.18 Å². The lowest BCUT2D eigenvalue weighted by Gasteiger charge is -2.47. The maximum absolute atomic E-state index is 12.9. The maximum Gasteiger partial charge on any atom is 0.416 e. The molecule has 0 aromatic heterocycles. The zero-order valence-electron chi connectivity index (χ0n) is 12.8. The number of alkyl halides is 3. The van der Waals surface area contributed by atoms with E-state index in [-0.39, 0.29) is 6.04 Å². The summed E-state index contributed by atoms with van der Waals surface area (Å²) in [6, 6.07) is 4.95. The highest BCUT2D eigenvalue weighted by Crippen LogP contribution is 2.45. The minimum absolute atomic E-state index is 0.298. The van der Waals surface area contributed by atoms with Crippen LogP contribution in [0.5, 0.6) is 0 Å². The van der Waals surface area contributed by atoms with Crippen LogP contribution in [0.2, 0.25) is 0 Å². The number of benzene rings is 1. The third kappa shape index (κ3) is 3.62. The van der Waals surface area contributed by atoms with Crippen LogP contribution in [-0.4, -0.2) is 30.5 Å². The van der Waals surface area contributed by atoms with Crippen molar-refractivity contribution in [2.75, 3.05) is 13.7 Å². The van der Waals surface area contributed by atoms with E-state index in [9.17, 15) is 18.3 Å². The number of aliphatic hydroxyl groups is 1. The Hall–Kier alpha value is -1.11. The van der Waals surface area contributed by atoms with Gasteiger partial charge in [0.25, 0.3) is 0 Å². The zero-order chi connectivity index (χ0) is 16.4. The molecule has 1 aliphatic rings. The molecule has 0 radical (unpaired) electrons. The summed E-state index contributed by atoms with van der Waals surface area (Å²) in [5.41, 5.74) is -0.629. The van der Waals surface area contributed by atoms with Crippen LogP contribution < -0.4 is 5.32 Å². The molecule has 0 aliphatic heterocycles. The Kier molecular flexibility index (Phi) is 5.14. The molecule has 0 saturated heterocycles. The van der Waals surface area contributed by atoms with Gasteiger partial charge in [-0.05, 0) is 43.9 Å². The zero-order valence-corrected chi connectivity index (χ0v) is 12.8. The van der Waals surface area contributed by atoms with Crippen LogP contribution in [0.15, 0.2) is 24.3 Å². The maximum atomic E-state index is 12.9. The van der Waals surface area contributed by atoms with E-state index in [1.807, 2.05) is 0 Å². The van der Waals surface area contributed by atoms with Crippen molar-refractivity contribution in [3.05, 3.63) is 35.4 Å². The molecule has 1 aliphatic carbocycles. The molecule has 0 spiro atoms. The van der Waals surface area contributed by atoms with Crippen molar-refractivity contribution in [2.24, 2.45) is 0 Å². The SMILES string of the molecule is COC1(C(NC[C@H](C)O)c2cccc(C(F)(F)F)c2)CCC1. The second kappa shape index (κ2) is 6.56. The van der Waals surface area contributed by atoms with Gasteiger partial charge in [0.05, 0.1) is 23.3 Å². The van der Waals surface area contributed by atoms with E-state index < -0.39 is 23.4 Å². The Balaban J connectivity index is 2.32. The molecule has 1 unspecified atom stereocenters. The molecule has 1 saturated carbocycles. The molecular formula is C16H22F3NO2. The fourth-order valence-corrected chi connectivity index (χ4v) is 2.93. The van der Waals surface area contributed by atoms with E-state index in [0.29, 0.717) is 12.1 Å². The number of ether oxygens (including phenoxy) is 1. The standard InChI is InChI=1S/C16H22F3NO2/c1-11(21)10-20-14(15(22-2)7-4-8-15)12-5-3-6-13(9-12)16(17,18)19/h3,5-6,9,11,14,20-21H,4,7-8,10H2,1-2H3/t11-,14?/m0/s1. The van der Waals surface area contributed by atoms with Crippen molar-refractivity contribution in [3.63, 3.8) is 0 Å². The number of methoxy groups -OCH3 is 1. The Morgan fingerprint density at radius 2 is 2.05 bits per heavy atom. The highest BCUT2D eigenvalue weighted by Gasteiger charge is 2.45. The van der Waals surface area contributed by atoms with Crippen LogP contribution in [0.25, 0.3) is 0 Å². The fourth-order valence-electron chi connectivity index (χ4n) is 2.93. The highest BCUT2D eigenvalue weighted by molar-refractivity contribution is 5.30. The van der Waals surface area contributed by atoms with Crippen LogP contribution in [0.3, 0.4) is 0 Å². The monoisotopic (exact) mass is 317 g/mol. The van der Waals surface area contributed by atoms with Crippen LogP contribution >= 0.6 is 0 Å². The molecule has 0 heterocycles. The number of halogens is 3. The summed E-state index contributed by atoms with van der Waals surface area (Å²) in [4.78, 5) is 0. The van der Waals surface area contributed by atoms with Crippen LogP contribution in [-0.2, 0) is 10.9 Å². The minimum atomic E-state index is -4.37. The van der Waals surface area contributed by atoms with Gasteiger partial charge in [0.1, 0.15) is 0 Å². The Labute approximate surface area is 128 Å².